The van der Waals surface area contributed by atoms with Crippen LogP contribution in [-0.4, -0.2) is 18.4 Å². The van der Waals surface area contributed by atoms with Gasteiger partial charge in [0.2, 0.25) is 11.8 Å². The normalized spacial score (nSPS) is 15.2. The van der Waals surface area contributed by atoms with E-state index in [4.69, 9.17) is 23.2 Å². The molecule has 6 heteroatoms. The molecule has 1 heterocycles. The van der Waals surface area contributed by atoms with E-state index in [1.165, 1.54) is 0 Å². The molecule has 0 bridgehead atoms. The summed E-state index contributed by atoms with van der Waals surface area (Å²) in [5, 5.41) is 3.92. The molecule has 1 fully saturated rings. The topological polar surface area (TPSA) is 49.4 Å². The van der Waals surface area contributed by atoms with E-state index in [1.807, 2.05) is 37.3 Å². The van der Waals surface area contributed by atoms with Gasteiger partial charge in [0, 0.05) is 18.7 Å². The molecular formula is C20H20Cl2N2O2. The van der Waals surface area contributed by atoms with Crippen LogP contribution in [0.5, 0.6) is 0 Å². The van der Waals surface area contributed by atoms with Gasteiger partial charge >= 0.3 is 0 Å². The quantitative estimate of drug-likeness (QED) is 0.814. The number of nitrogens with zero attached hydrogens (tertiary/aromatic N) is 1. The minimum atomic E-state index is -0.168. The van der Waals surface area contributed by atoms with Gasteiger partial charge in [0.15, 0.2) is 0 Å². The average molecular weight is 391 g/mol. The Morgan fingerprint density at radius 2 is 1.88 bits per heavy atom. The van der Waals surface area contributed by atoms with Gasteiger partial charge in [0.25, 0.3) is 0 Å². The van der Waals surface area contributed by atoms with Gasteiger partial charge in [-0.05, 0) is 48.7 Å². The summed E-state index contributed by atoms with van der Waals surface area (Å²) in [7, 11) is 0. The third kappa shape index (κ3) is 4.37. The highest BCUT2D eigenvalue weighted by Gasteiger charge is 2.21. The first-order valence-electron chi connectivity index (χ1n) is 8.57. The van der Waals surface area contributed by atoms with Crippen LogP contribution in [0.25, 0.3) is 0 Å². The lowest BCUT2D eigenvalue weighted by atomic mass is 10.1. The third-order valence-corrected chi connectivity index (χ3v) is 5.25. The van der Waals surface area contributed by atoms with E-state index in [0.29, 0.717) is 16.5 Å². The van der Waals surface area contributed by atoms with Gasteiger partial charge in [-0.2, -0.15) is 0 Å². The Kier molecular flexibility index (Phi) is 5.84. The van der Waals surface area contributed by atoms with Gasteiger partial charge in [0.05, 0.1) is 22.5 Å². The van der Waals surface area contributed by atoms with E-state index < -0.39 is 0 Å². The number of benzene rings is 2. The molecule has 1 aliphatic rings. The second kappa shape index (κ2) is 8.11. The number of hydrogen-bond acceptors (Lipinski definition) is 2. The number of carbonyl (C=O) groups is 2. The predicted molar refractivity (Wildman–Crippen MR) is 105 cm³/mol. The first-order chi connectivity index (χ1) is 12.4. The smallest absolute Gasteiger partial charge is 0.227 e. The van der Waals surface area contributed by atoms with Crippen LogP contribution in [-0.2, 0) is 16.0 Å². The Hall–Kier alpha value is -2.04. The van der Waals surface area contributed by atoms with Crippen LogP contribution in [0.4, 0.5) is 5.69 Å². The highest BCUT2D eigenvalue weighted by Crippen LogP contribution is 2.26. The lowest BCUT2D eigenvalue weighted by Crippen LogP contribution is -2.28. The Labute approximate surface area is 163 Å². The summed E-state index contributed by atoms with van der Waals surface area (Å²) in [6.45, 7) is 2.67. The number of anilines is 1. The van der Waals surface area contributed by atoms with Crippen LogP contribution in [0.2, 0.25) is 10.0 Å². The summed E-state index contributed by atoms with van der Waals surface area (Å²) in [6.07, 6.45) is 1.78. The van der Waals surface area contributed by atoms with Crippen molar-refractivity contribution in [3.63, 3.8) is 0 Å². The molecule has 136 valence electrons. The van der Waals surface area contributed by atoms with Gasteiger partial charge in [-0.25, -0.2) is 0 Å². The molecule has 1 aliphatic heterocycles. The van der Waals surface area contributed by atoms with E-state index in [9.17, 15) is 9.59 Å². The van der Waals surface area contributed by atoms with Gasteiger partial charge in [-0.15, -0.1) is 0 Å². The third-order valence-electron chi connectivity index (χ3n) is 4.51. The monoisotopic (exact) mass is 390 g/mol. The zero-order valence-electron chi connectivity index (χ0n) is 14.5. The van der Waals surface area contributed by atoms with Crippen molar-refractivity contribution in [3.05, 3.63) is 63.6 Å². The molecule has 0 saturated carbocycles. The van der Waals surface area contributed by atoms with E-state index in [0.717, 1.165) is 29.8 Å². The van der Waals surface area contributed by atoms with E-state index >= 15 is 0 Å². The Balaban J connectivity index is 1.59. The van der Waals surface area contributed by atoms with Crippen molar-refractivity contribution < 1.29 is 9.59 Å². The largest absolute Gasteiger partial charge is 0.349 e. The van der Waals surface area contributed by atoms with Gasteiger partial charge in [-0.3, -0.25) is 9.59 Å². The molecule has 0 spiro atoms. The van der Waals surface area contributed by atoms with E-state index in [2.05, 4.69) is 5.32 Å². The Morgan fingerprint density at radius 1 is 1.15 bits per heavy atom. The molecule has 1 saturated heterocycles. The van der Waals surface area contributed by atoms with Crippen molar-refractivity contribution >= 4 is 40.7 Å². The maximum atomic E-state index is 12.3. The SMILES string of the molecule is C[C@H](NC(=O)Cc1ccc(N2CCCC2=O)cc1)c1ccc(Cl)c(Cl)c1. The lowest BCUT2D eigenvalue weighted by molar-refractivity contribution is -0.121. The number of amides is 2. The molecule has 1 atom stereocenters. The van der Waals surface area contributed by atoms with Crippen molar-refractivity contribution in [2.24, 2.45) is 0 Å². The van der Waals surface area contributed by atoms with Crippen LogP contribution < -0.4 is 10.2 Å². The first-order valence-corrected chi connectivity index (χ1v) is 9.33. The Bertz CT molecular complexity index is 821. The van der Waals surface area contributed by atoms with Gasteiger partial charge < -0.3 is 10.2 Å². The summed E-state index contributed by atoms with van der Waals surface area (Å²) in [6, 6.07) is 12.7. The highest BCUT2D eigenvalue weighted by atomic mass is 35.5. The second-order valence-corrected chi connectivity index (χ2v) is 7.27. The molecule has 3 rings (SSSR count). The predicted octanol–water partition coefficient (Wildman–Crippen LogP) is 4.54. The van der Waals surface area contributed by atoms with Crippen molar-refractivity contribution in [2.45, 2.75) is 32.2 Å². The number of nitrogens with one attached hydrogen (secondary N) is 1. The number of rotatable bonds is 5. The minimum absolute atomic E-state index is 0.0754. The molecule has 4 nitrogen and oxygen atoms in total. The zero-order valence-corrected chi connectivity index (χ0v) is 16.0. The zero-order chi connectivity index (χ0) is 18.7. The van der Waals surface area contributed by atoms with Crippen molar-refractivity contribution in [1.29, 1.82) is 0 Å². The lowest BCUT2D eigenvalue weighted by Gasteiger charge is -2.17. The first kappa shape index (κ1) is 18.7. The second-order valence-electron chi connectivity index (χ2n) is 6.45. The molecule has 0 radical (unpaired) electrons. The summed E-state index contributed by atoms with van der Waals surface area (Å²) >= 11 is 12.0. The fourth-order valence-corrected chi connectivity index (χ4v) is 3.36. The molecule has 26 heavy (non-hydrogen) atoms. The summed E-state index contributed by atoms with van der Waals surface area (Å²) in [4.78, 5) is 25.9. The van der Waals surface area contributed by atoms with E-state index in [-0.39, 0.29) is 24.3 Å². The number of hydrogen-bond donors (Lipinski definition) is 1. The molecule has 1 N–H and O–H groups in total. The van der Waals surface area contributed by atoms with Crippen molar-refractivity contribution in [1.82, 2.24) is 5.32 Å². The average Bonchev–Trinajstić information content (AvgIpc) is 3.04. The fraction of sp³-hybridized carbons (Fsp3) is 0.300. The summed E-state index contributed by atoms with van der Waals surface area (Å²) in [5.41, 5.74) is 2.69. The Morgan fingerprint density at radius 3 is 2.50 bits per heavy atom. The van der Waals surface area contributed by atoms with Crippen LogP contribution >= 0.6 is 23.2 Å². The van der Waals surface area contributed by atoms with Crippen LogP contribution in [0.3, 0.4) is 0 Å². The molecule has 0 unspecified atom stereocenters. The molecule has 2 aromatic carbocycles. The summed E-state index contributed by atoms with van der Waals surface area (Å²) in [5.74, 6) is 0.0829. The summed E-state index contributed by atoms with van der Waals surface area (Å²) < 4.78 is 0. The number of halogens is 2. The van der Waals surface area contributed by atoms with Gasteiger partial charge in [0.1, 0.15) is 0 Å². The van der Waals surface area contributed by atoms with Crippen LogP contribution in [0.15, 0.2) is 42.5 Å². The maximum absolute atomic E-state index is 12.3. The van der Waals surface area contributed by atoms with Gasteiger partial charge in [-0.1, -0.05) is 41.4 Å². The van der Waals surface area contributed by atoms with Crippen molar-refractivity contribution in [2.75, 3.05) is 11.4 Å². The highest BCUT2D eigenvalue weighted by molar-refractivity contribution is 6.42. The molecule has 0 aromatic heterocycles. The van der Waals surface area contributed by atoms with E-state index in [1.54, 1.807) is 17.0 Å². The number of carbonyl (C=O) groups excluding carboxylic acids is 2. The van der Waals surface area contributed by atoms with Crippen LogP contribution in [0.1, 0.15) is 36.9 Å². The standard InChI is InChI=1S/C20H20Cl2N2O2/c1-13(15-6-9-17(21)18(22)12-15)23-19(25)11-14-4-7-16(8-5-14)24-10-2-3-20(24)26/h4-9,12-13H,2-3,10-11H2,1H3,(H,23,25)/t13-/m0/s1. The van der Waals surface area contributed by atoms with Crippen molar-refractivity contribution in [3.8, 4) is 0 Å². The molecule has 2 aromatic rings. The van der Waals surface area contributed by atoms with Crippen LogP contribution in [0, 0.1) is 0 Å². The maximum Gasteiger partial charge on any atom is 0.227 e. The molecular weight excluding hydrogens is 371 g/mol. The molecule has 2 amide bonds. The fourth-order valence-electron chi connectivity index (χ4n) is 3.06. The minimum Gasteiger partial charge on any atom is -0.349 e. The molecule has 0 aliphatic carbocycles.